The molecule has 164 valence electrons. The number of ether oxygens (including phenoxy) is 2. The molecule has 6 fully saturated rings. The maximum absolute atomic E-state index is 6.51. The van der Waals surface area contributed by atoms with Crippen LogP contribution in [0.25, 0.3) is 0 Å². The third-order valence-corrected chi connectivity index (χ3v) is 10.2. The number of rotatable bonds is 8. The third kappa shape index (κ3) is 3.41. The van der Waals surface area contributed by atoms with E-state index >= 15 is 0 Å². The molecule has 2 aliphatic carbocycles. The molecule has 6 rings (SSSR count). The van der Waals surface area contributed by atoms with Crippen LogP contribution in [0.5, 0.6) is 0 Å². The van der Waals surface area contributed by atoms with Crippen molar-refractivity contribution >= 4 is 0 Å². The number of morpholine rings is 1. The molecular weight excluding hydrogens is 360 g/mol. The van der Waals surface area contributed by atoms with Crippen molar-refractivity contribution in [1.29, 1.82) is 0 Å². The lowest BCUT2D eigenvalue weighted by atomic mass is 9.77. The highest BCUT2D eigenvalue weighted by Crippen LogP contribution is 2.56. The minimum absolute atomic E-state index is 0.486. The first kappa shape index (κ1) is 19.5. The summed E-state index contributed by atoms with van der Waals surface area (Å²) in [6.45, 7) is 13.2. The second-order valence-electron chi connectivity index (χ2n) is 12.1. The van der Waals surface area contributed by atoms with E-state index in [1.54, 1.807) is 0 Å². The van der Waals surface area contributed by atoms with Crippen molar-refractivity contribution in [2.45, 2.75) is 89.8 Å². The fourth-order valence-electron chi connectivity index (χ4n) is 7.47. The van der Waals surface area contributed by atoms with Crippen molar-refractivity contribution in [3.8, 4) is 0 Å². The number of fused-ring (bicyclic) bond motifs is 2. The smallest absolute Gasteiger partial charge is 0.0733 e. The Hall–Kier alpha value is -0.160. The average Bonchev–Trinajstić information content (AvgIpc) is 3.57. The van der Waals surface area contributed by atoms with Gasteiger partial charge in [0.05, 0.1) is 19.3 Å². The molecule has 4 unspecified atom stereocenters. The van der Waals surface area contributed by atoms with E-state index in [1.165, 1.54) is 84.0 Å². The standard InChI is InChI=1S/C25H42N2O2/c1-3-23(6-7-23)16-27-20-4-5-21(27)22(29-13-20)12-19(2)25(8-9-25)17-26-14-24(15-26)10-11-28-18-24/h19-22H,3-18H2,1-2H3. The fraction of sp³-hybridized carbons (Fsp3) is 1.00. The Kier molecular flexibility index (Phi) is 4.66. The van der Waals surface area contributed by atoms with E-state index in [-0.39, 0.29) is 0 Å². The number of hydrogen-bond acceptors (Lipinski definition) is 4. The van der Waals surface area contributed by atoms with Crippen LogP contribution < -0.4 is 0 Å². The van der Waals surface area contributed by atoms with Crippen molar-refractivity contribution in [2.75, 3.05) is 46.0 Å². The highest BCUT2D eigenvalue weighted by molar-refractivity contribution is 5.07. The van der Waals surface area contributed by atoms with E-state index in [9.17, 15) is 0 Å². The van der Waals surface area contributed by atoms with E-state index in [0.717, 1.165) is 31.8 Å². The van der Waals surface area contributed by atoms with Crippen molar-refractivity contribution in [1.82, 2.24) is 9.80 Å². The van der Waals surface area contributed by atoms with Crippen LogP contribution in [0.1, 0.15) is 71.6 Å². The van der Waals surface area contributed by atoms with Crippen LogP contribution >= 0.6 is 0 Å². The molecule has 0 amide bonds. The predicted octanol–water partition coefficient (Wildman–Crippen LogP) is 3.94. The Balaban J connectivity index is 1.05. The van der Waals surface area contributed by atoms with Crippen LogP contribution in [0, 0.1) is 22.2 Å². The lowest BCUT2D eigenvalue weighted by Gasteiger charge is -2.49. The molecule has 0 aromatic carbocycles. The van der Waals surface area contributed by atoms with E-state index in [1.807, 2.05) is 0 Å². The molecule has 1 spiro atoms. The lowest BCUT2D eigenvalue weighted by molar-refractivity contribution is -0.0940. The van der Waals surface area contributed by atoms with Crippen molar-refractivity contribution in [2.24, 2.45) is 22.2 Å². The minimum atomic E-state index is 0.486. The summed E-state index contributed by atoms with van der Waals surface area (Å²) >= 11 is 0. The van der Waals surface area contributed by atoms with Crippen molar-refractivity contribution < 1.29 is 9.47 Å². The maximum Gasteiger partial charge on any atom is 0.0733 e. The van der Waals surface area contributed by atoms with Crippen molar-refractivity contribution in [3.05, 3.63) is 0 Å². The molecule has 4 heteroatoms. The Morgan fingerprint density at radius 1 is 1.03 bits per heavy atom. The molecule has 2 saturated carbocycles. The molecule has 2 bridgehead atoms. The van der Waals surface area contributed by atoms with Crippen LogP contribution in [-0.2, 0) is 9.47 Å². The quantitative estimate of drug-likeness (QED) is 0.614. The van der Waals surface area contributed by atoms with Gasteiger partial charge < -0.3 is 14.4 Å². The highest BCUT2D eigenvalue weighted by Gasteiger charge is 2.55. The van der Waals surface area contributed by atoms with Gasteiger partial charge in [-0.05, 0) is 74.5 Å². The Bertz CT molecular complexity index is 614. The molecule has 4 aliphatic heterocycles. The Labute approximate surface area is 177 Å². The maximum atomic E-state index is 6.51. The van der Waals surface area contributed by atoms with Crippen LogP contribution in [-0.4, -0.2) is 74.0 Å². The Morgan fingerprint density at radius 2 is 1.86 bits per heavy atom. The van der Waals surface area contributed by atoms with Gasteiger partial charge >= 0.3 is 0 Å². The summed E-state index contributed by atoms with van der Waals surface area (Å²) in [6, 6.07) is 1.43. The van der Waals surface area contributed by atoms with Gasteiger partial charge in [-0.15, -0.1) is 0 Å². The summed E-state index contributed by atoms with van der Waals surface area (Å²) in [5.74, 6) is 0.795. The summed E-state index contributed by atoms with van der Waals surface area (Å²) in [6.07, 6.45) is 13.0. The molecule has 4 atom stereocenters. The normalized spacial score (nSPS) is 40.1. The third-order valence-electron chi connectivity index (χ3n) is 10.2. The van der Waals surface area contributed by atoms with Gasteiger partial charge in [-0.2, -0.15) is 0 Å². The van der Waals surface area contributed by atoms with Crippen LogP contribution in [0.15, 0.2) is 0 Å². The number of nitrogens with zero attached hydrogens (tertiary/aromatic N) is 2. The van der Waals surface area contributed by atoms with Crippen LogP contribution in [0.3, 0.4) is 0 Å². The summed E-state index contributed by atoms with van der Waals surface area (Å²) in [7, 11) is 0. The molecule has 6 aliphatic rings. The molecular formula is C25H42N2O2. The molecule has 4 heterocycles. The molecule has 4 saturated heterocycles. The van der Waals surface area contributed by atoms with Gasteiger partial charge in [0.25, 0.3) is 0 Å². The molecule has 0 aromatic rings. The minimum Gasteiger partial charge on any atom is -0.381 e. The SMILES string of the molecule is CCC1(CN2C3CCC2C(CC(C)C2(CN4CC5(CCOC5)C4)CC2)OC3)CC1. The van der Waals surface area contributed by atoms with Crippen LogP contribution in [0.4, 0.5) is 0 Å². The van der Waals surface area contributed by atoms with Gasteiger partial charge in [0.2, 0.25) is 0 Å². The van der Waals surface area contributed by atoms with Gasteiger partial charge in [-0.1, -0.05) is 13.8 Å². The summed E-state index contributed by atoms with van der Waals surface area (Å²) in [5.41, 5.74) is 1.79. The molecule has 0 N–H and O–H groups in total. The van der Waals surface area contributed by atoms with Gasteiger partial charge in [-0.25, -0.2) is 0 Å². The van der Waals surface area contributed by atoms with E-state index in [2.05, 4.69) is 23.6 Å². The molecule has 0 aromatic heterocycles. The van der Waals surface area contributed by atoms with Gasteiger partial charge in [0.1, 0.15) is 0 Å². The monoisotopic (exact) mass is 402 g/mol. The van der Waals surface area contributed by atoms with E-state index < -0.39 is 0 Å². The second-order valence-corrected chi connectivity index (χ2v) is 12.1. The lowest BCUT2D eigenvalue weighted by Crippen LogP contribution is -2.58. The first-order valence-electron chi connectivity index (χ1n) is 12.7. The van der Waals surface area contributed by atoms with Gasteiger partial charge in [-0.3, -0.25) is 4.90 Å². The Morgan fingerprint density at radius 3 is 2.52 bits per heavy atom. The topological polar surface area (TPSA) is 24.9 Å². The van der Waals surface area contributed by atoms with Gasteiger partial charge in [0.15, 0.2) is 0 Å². The number of likely N-dealkylation sites (tertiary alicyclic amines) is 1. The van der Waals surface area contributed by atoms with Gasteiger partial charge in [0, 0.05) is 50.3 Å². The highest BCUT2D eigenvalue weighted by atomic mass is 16.5. The second kappa shape index (κ2) is 6.92. The zero-order valence-corrected chi connectivity index (χ0v) is 18.8. The summed E-state index contributed by atoms with van der Waals surface area (Å²) in [4.78, 5) is 5.66. The molecule has 29 heavy (non-hydrogen) atoms. The van der Waals surface area contributed by atoms with E-state index in [4.69, 9.17) is 9.47 Å². The fourth-order valence-corrected chi connectivity index (χ4v) is 7.47. The predicted molar refractivity (Wildman–Crippen MR) is 115 cm³/mol. The molecule has 0 radical (unpaired) electrons. The first-order chi connectivity index (χ1) is 14.0. The van der Waals surface area contributed by atoms with Crippen molar-refractivity contribution in [3.63, 3.8) is 0 Å². The van der Waals surface area contributed by atoms with E-state index in [0.29, 0.717) is 28.4 Å². The molecule has 4 nitrogen and oxygen atoms in total. The zero-order chi connectivity index (χ0) is 19.7. The number of hydrogen-bond donors (Lipinski definition) is 0. The average molecular weight is 403 g/mol. The van der Waals surface area contributed by atoms with Crippen LogP contribution in [0.2, 0.25) is 0 Å². The first-order valence-corrected chi connectivity index (χ1v) is 12.7. The largest absolute Gasteiger partial charge is 0.381 e. The summed E-state index contributed by atoms with van der Waals surface area (Å²) in [5, 5.41) is 0. The zero-order valence-electron chi connectivity index (χ0n) is 18.8. The summed E-state index contributed by atoms with van der Waals surface area (Å²) < 4.78 is 12.2.